The van der Waals surface area contributed by atoms with Gasteiger partial charge >= 0.3 is 0 Å². The van der Waals surface area contributed by atoms with Gasteiger partial charge in [-0.1, -0.05) is 6.92 Å². The summed E-state index contributed by atoms with van der Waals surface area (Å²) >= 11 is 0. The lowest BCUT2D eigenvalue weighted by atomic mass is 10.1. The van der Waals surface area contributed by atoms with Crippen LogP contribution in [0.25, 0.3) is 0 Å². The summed E-state index contributed by atoms with van der Waals surface area (Å²) in [6.07, 6.45) is 3.97. The molecule has 2 heterocycles. The van der Waals surface area contributed by atoms with E-state index < -0.39 is 0 Å². The van der Waals surface area contributed by atoms with Gasteiger partial charge in [-0.15, -0.1) is 0 Å². The number of aromatic nitrogens is 3. The highest BCUT2D eigenvalue weighted by atomic mass is 15.4. The van der Waals surface area contributed by atoms with Crippen LogP contribution in [0.2, 0.25) is 0 Å². The van der Waals surface area contributed by atoms with E-state index in [1.54, 1.807) is 6.33 Å². The number of nitrogens with two attached hydrogens (primary N) is 1. The van der Waals surface area contributed by atoms with Gasteiger partial charge in [0.05, 0.1) is 6.54 Å². The molecule has 1 unspecified atom stereocenters. The fourth-order valence-electron chi connectivity index (χ4n) is 3.14. The second kappa shape index (κ2) is 7.87. The van der Waals surface area contributed by atoms with Gasteiger partial charge in [-0.2, -0.15) is 5.10 Å². The molecular weight excluding hydrogens is 264 g/mol. The molecule has 1 fully saturated rings. The predicted molar refractivity (Wildman–Crippen MR) is 85.0 cm³/mol. The predicted octanol–water partition coefficient (Wildman–Crippen LogP) is 1.10. The highest BCUT2D eigenvalue weighted by molar-refractivity contribution is 4.88. The largest absolute Gasteiger partial charge is 0.330 e. The molecule has 2 rings (SSSR count). The van der Waals surface area contributed by atoms with E-state index in [4.69, 9.17) is 5.73 Å². The van der Waals surface area contributed by atoms with Crippen LogP contribution in [-0.2, 0) is 6.54 Å². The van der Waals surface area contributed by atoms with Crippen molar-refractivity contribution in [2.45, 2.75) is 52.2 Å². The molecule has 1 aliphatic rings. The van der Waals surface area contributed by atoms with Crippen LogP contribution in [0.15, 0.2) is 6.33 Å². The molecule has 0 aliphatic carbocycles. The van der Waals surface area contributed by atoms with Crippen LogP contribution in [0.1, 0.15) is 45.5 Å². The van der Waals surface area contributed by atoms with Crippen LogP contribution in [0.4, 0.5) is 0 Å². The van der Waals surface area contributed by atoms with E-state index in [2.05, 4.69) is 40.7 Å². The molecule has 6 heteroatoms. The first-order valence-corrected chi connectivity index (χ1v) is 8.20. The Morgan fingerprint density at radius 1 is 1.24 bits per heavy atom. The Bertz CT molecular complexity index is 408. The monoisotopic (exact) mass is 294 g/mol. The van der Waals surface area contributed by atoms with E-state index in [1.165, 1.54) is 6.42 Å². The van der Waals surface area contributed by atoms with Gasteiger partial charge in [0.25, 0.3) is 0 Å². The van der Waals surface area contributed by atoms with Crippen molar-refractivity contribution in [1.29, 1.82) is 0 Å². The van der Waals surface area contributed by atoms with E-state index >= 15 is 0 Å². The molecule has 1 aliphatic heterocycles. The van der Waals surface area contributed by atoms with Gasteiger partial charge in [0.2, 0.25) is 0 Å². The van der Waals surface area contributed by atoms with Crippen molar-refractivity contribution >= 4 is 0 Å². The minimum Gasteiger partial charge on any atom is -0.330 e. The molecular formula is C15H30N6. The smallest absolute Gasteiger partial charge is 0.141 e. The Hall–Kier alpha value is -0.980. The zero-order valence-electron chi connectivity index (χ0n) is 13.7. The van der Waals surface area contributed by atoms with Gasteiger partial charge in [0.1, 0.15) is 12.2 Å². The van der Waals surface area contributed by atoms with Gasteiger partial charge < -0.3 is 5.73 Å². The summed E-state index contributed by atoms with van der Waals surface area (Å²) in [6.45, 7) is 12.7. The van der Waals surface area contributed by atoms with Crippen LogP contribution < -0.4 is 5.73 Å². The van der Waals surface area contributed by atoms with Crippen molar-refractivity contribution in [3.05, 3.63) is 12.2 Å². The molecule has 0 spiro atoms. The third-order valence-corrected chi connectivity index (χ3v) is 4.40. The van der Waals surface area contributed by atoms with E-state index in [9.17, 15) is 0 Å². The zero-order chi connectivity index (χ0) is 15.2. The van der Waals surface area contributed by atoms with Gasteiger partial charge in [-0.05, 0) is 33.2 Å². The molecule has 0 saturated carbocycles. The fourth-order valence-corrected chi connectivity index (χ4v) is 3.14. The van der Waals surface area contributed by atoms with Crippen LogP contribution in [0.5, 0.6) is 0 Å². The Morgan fingerprint density at radius 3 is 2.52 bits per heavy atom. The van der Waals surface area contributed by atoms with Crippen LogP contribution in [0, 0.1) is 0 Å². The second-order valence-corrected chi connectivity index (χ2v) is 6.17. The number of nitrogens with zero attached hydrogens (tertiary/aromatic N) is 5. The van der Waals surface area contributed by atoms with Crippen molar-refractivity contribution in [2.24, 2.45) is 5.73 Å². The quantitative estimate of drug-likeness (QED) is 0.816. The Labute approximate surface area is 128 Å². The average Bonchev–Trinajstić information content (AvgIpc) is 2.94. The maximum Gasteiger partial charge on any atom is 0.141 e. The van der Waals surface area contributed by atoms with E-state index in [0.29, 0.717) is 12.1 Å². The van der Waals surface area contributed by atoms with Crippen LogP contribution in [0.3, 0.4) is 0 Å². The summed E-state index contributed by atoms with van der Waals surface area (Å²) in [5.74, 6) is 1.08. The van der Waals surface area contributed by atoms with Crippen molar-refractivity contribution in [2.75, 3.05) is 32.7 Å². The first-order valence-electron chi connectivity index (χ1n) is 8.20. The number of piperazine rings is 1. The first-order chi connectivity index (χ1) is 10.2. The van der Waals surface area contributed by atoms with Crippen molar-refractivity contribution < 1.29 is 0 Å². The maximum absolute atomic E-state index is 5.72. The Kier molecular flexibility index (Phi) is 6.14. The van der Waals surface area contributed by atoms with Crippen LogP contribution in [-0.4, -0.2) is 63.3 Å². The fraction of sp³-hybridized carbons (Fsp3) is 0.867. The maximum atomic E-state index is 5.72. The van der Waals surface area contributed by atoms with Gasteiger partial charge in [0.15, 0.2) is 0 Å². The van der Waals surface area contributed by atoms with Crippen LogP contribution >= 0.6 is 0 Å². The molecule has 21 heavy (non-hydrogen) atoms. The lowest BCUT2D eigenvalue weighted by molar-refractivity contribution is 0.0845. The Morgan fingerprint density at radius 2 is 1.95 bits per heavy atom. The lowest BCUT2D eigenvalue weighted by Gasteiger charge is -2.39. The summed E-state index contributed by atoms with van der Waals surface area (Å²) in [5, 5.41) is 4.32. The summed E-state index contributed by atoms with van der Waals surface area (Å²) < 4.78 is 2.02. The van der Waals surface area contributed by atoms with Gasteiger partial charge in [0, 0.05) is 38.3 Å². The summed E-state index contributed by atoms with van der Waals surface area (Å²) in [6, 6.07) is 1.02. The highest BCUT2D eigenvalue weighted by Gasteiger charge is 2.23. The first kappa shape index (κ1) is 16.4. The molecule has 1 atom stereocenters. The zero-order valence-corrected chi connectivity index (χ0v) is 13.7. The Balaban J connectivity index is 1.85. The molecule has 0 aromatic carbocycles. The SMILES string of the molecule is CCC(CCN)N1CCN(Cc2ncnn2C(C)C)CC1. The normalized spacial score (nSPS) is 19.3. The minimum absolute atomic E-state index is 0.373. The molecule has 6 nitrogen and oxygen atoms in total. The summed E-state index contributed by atoms with van der Waals surface area (Å²) in [4.78, 5) is 9.49. The topological polar surface area (TPSA) is 63.2 Å². The van der Waals surface area contributed by atoms with Gasteiger partial charge in [-0.25, -0.2) is 9.67 Å². The van der Waals surface area contributed by atoms with Crippen molar-refractivity contribution in [3.8, 4) is 0 Å². The number of hydrogen-bond donors (Lipinski definition) is 1. The summed E-state index contributed by atoms with van der Waals surface area (Å²) in [7, 11) is 0. The average molecular weight is 294 g/mol. The van der Waals surface area contributed by atoms with Crippen molar-refractivity contribution in [3.63, 3.8) is 0 Å². The molecule has 2 N–H and O–H groups in total. The third kappa shape index (κ3) is 4.25. The molecule has 1 saturated heterocycles. The van der Waals surface area contributed by atoms with E-state index in [1.807, 2.05) is 4.68 Å². The summed E-state index contributed by atoms with van der Waals surface area (Å²) in [5.41, 5.74) is 5.72. The molecule has 120 valence electrons. The molecule has 1 aromatic rings. The standard InChI is InChI=1S/C15H30N6/c1-4-14(5-6-16)20-9-7-19(8-10-20)11-15-17-12-18-21(15)13(2)3/h12-14H,4-11,16H2,1-3H3. The van der Waals surface area contributed by atoms with Crippen molar-refractivity contribution in [1.82, 2.24) is 24.6 Å². The third-order valence-electron chi connectivity index (χ3n) is 4.40. The molecule has 0 amide bonds. The van der Waals surface area contributed by atoms with E-state index in [-0.39, 0.29) is 0 Å². The van der Waals surface area contributed by atoms with Gasteiger partial charge in [-0.3, -0.25) is 9.80 Å². The van der Waals surface area contributed by atoms with E-state index in [0.717, 1.165) is 51.5 Å². The highest BCUT2D eigenvalue weighted by Crippen LogP contribution is 2.14. The number of hydrogen-bond acceptors (Lipinski definition) is 5. The minimum atomic E-state index is 0.373. The number of rotatable bonds is 7. The lowest BCUT2D eigenvalue weighted by Crippen LogP contribution is -2.50. The molecule has 0 radical (unpaired) electrons. The second-order valence-electron chi connectivity index (χ2n) is 6.17. The molecule has 1 aromatic heterocycles. The molecule has 0 bridgehead atoms.